The Morgan fingerprint density at radius 3 is 2.71 bits per heavy atom. The molecule has 6 nitrogen and oxygen atoms in total. The first-order valence-corrected chi connectivity index (χ1v) is 9.01. The number of nitrogens with one attached hydrogen (secondary N) is 1. The molecule has 6 heteroatoms. The standard InChI is InChI=1S/C18H29N5O/c1-18(13-19)7-10-22(14-18)12-17(24)21-15-5-6-16(20-11-15)23-8-3-2-4-9-23/h5-6,11H,2-4,7-10,12-14,19H2,1H3,(H,21,24). The molecule has 2 saturated heterocycles. The number of hydrogen-bond acceptors (Lipinski definition) is 5. The SMILES string of the molecule is CC1(CN)CCN(CC(=O)Nc2ccc(N3CCCCC3)nc2)C1. The third-order valence-corrected chi connectivity index (χ3v) is 5.21. The number of amides is 1. The smallest absolute Gasteiger partial charge is 0.238 e. The van der Waals surface area contributed by atoms with Gasteiger partial charge < -0.3 is 16.0 Å². The number of hydrogen-bond donors (Lipinski definition) is 2. The maximum Gasteiger partial charge on any atom is 0.238 e. The predicted molar refractivity (Wildman–Crippen MR) is 97.1 cm³/mol. The van der Waals surface area contributed by atoms with Crippen LogP contribution in [0.25, 0.3) is 0 Å². The molecule has 0 radical (unpaired) electrons. The number of anilines is 2. The van der Waals surface area contributed by atoms with Crippen LogP contribution in [0.15, 0.2) is 18.3 Å². The lowest BCUT2D eigenvalue weighted by Crippen LogP contribution is -2.35. The molecule has 1 aromatic rings. The van der Waals surface area contributed by atoms with E-state index in [-0.39, 0.29) is 11.3 Å². The monoisotopic (exact) mass is 331 g/mol. The van der Waals surface area contributed by atoms with Gasteiger partial charge in [0, 0.05) is 19.6 Å². The van der Waals surface area contributed by atoms with E-state index in [1.807, 2.05) is 12.1 Å². The number of pyridine rings is 1. The fraction of sp³-hybridized carbons (Fsp3) is 0.667. The molecule has 3 heterocycles. The van der Waals surface area contributed by atoms with Crippen molar-refractivity contribution in [1.82, 2.24) is 9.88 Å². The maximum absolute atomic E-state index is 12.2. The maximum atomic E-state index is 12.2. The summed E-state index contributed by atoms with van der Waals surface area (Å²) in [5.74, 6) is 1.02. The number of rotatable bonds is 5. The summed E-state index contributed by atoms with van der Waals surface area (Å²) in [5, 5.41) is 2.95. The van der Waals surface area contributed by atoms with Crippen LogP contribution in [0, 0.1) is 5.41 Å². The fourth-order valence-corrected chi connectivity index (χ4v) is 3.60. The zero-order chi connectivity index (χ0) is 17.0. The number of nitrogens with zero attached hydrogens (tertiary/aromatic N) is 3. The van der Waals surface area contributed by atoms with Gasteiger partial charge in [-0.1, -0.05) is 6.92 Å². The van der Waals surface area contributed by atoms with Gasteiger partial charge in [-0.05, 0) is 56.3 Å². The molecule has 1 atom stereocenters. The quantitative estimate of drug-likeness (QED) is 0.859. The lowest BCUT2D eigenvalue weighted by Gasteiger charge is -2.27. The van der Waals surface area contributed by atoms with E-state index in [9.17, 15) is 4.79 Å². The molecule has 3 N–H and O–H groups in total. The second-order valence-corrected chi connectivity index (χ2v) is 7.48. The van der Waals surface area contributed by atoms with Gasteiger partial charge in [0.15, 0.2) is 0 Å². The summed E-state index contributed by atoms with van der Waals surface area (Å²) in [6.07, 6.45) is 6.60. The van der Waals surface area contributed by atoms with Crippen molar-refractivity contribution >= 4 is 17.4 Å². The van der Waals surface area contributed by atoms with Gasteiger partial charge >= 0.3 is 0 Å². The Bertz CT molecular complexity index is 555. The van der Waals surface area contributed by atoms with Gasteiger partial charge in [0.25, 0.3) is 0 Å². The molecule has 1 unspecified atom stereocenters. The zero-order valence-corrected chi connectivity index (χ0v) is 14.6. The number of piperidine rings is 1. The van der Waals surface area contributed by atoms with Crippen LogP contribution in [0.1, 0.15) is 32.6 Å². The van der Waals surface area contributed by atoms with Crippen molar-refractivity contribution in [3.63, 3.8) is 0 Å². The Balaban J connectivity index is 1.49. The Morgan fingerprint density at radius 1 is 1.29 bits per heavy atom. The van der Waals surface area contributed by atoms with Gasteiger partial charge in [-0.3, -0.25) is 9.69 Å². The van der Waals surface area contributed by atoms with Crippen molar-refractivity contribution in [2.45, 2.75) is 32.6 Å². The minimum absolute atomic E-state index is 0.0174. The fourth-order valence-electron chi connectivity index (χ4n) is 3.60. The van der Waals surface area contributed by atoms with Gasteiger partial charge in [-0.15, -0.1) is 0 Å². The molecular formula is C18H29N5O. The largest absolute Gasteiger partial charge is 0.357 e. The summed E-state index contributed by atoms with van der Waals surface area (Å²) in [6.45, 7) is 7.27. The number of likely N-dealkylation sites (tertiary alicyclic amines) is 1. The van der Waals surface area contributed by atoms with E-state index in [1.54, 1.807) is 6.20 Å². The second kappa shape index (κ2) is 7.49. The van der Waals surface area contributed by atoms with Crippen LogP contribution in [0.3, 0.4) is 0 Å². The summed E-state index contributed by atoms with van der Waals surface area (Å²) in [5.41, 5.74) is 6.74. The molecule has 1 amide bonds. The molecular weight excluding hydrogens is 302 g/mol. The lowest BCUT2D eigenvalue weighted by molar-refractivity contribution is -0.117. The molecule has 132 valence electrons. The molecule has 1 aromatic heterocycles. The second-order valence-electron chi connectivity index (χ2n) is 7.48. The van der Waals surface area contributed by atoms with Crippen molar-refractivity contribution in [3.8, 4) is 0 Å². The molecule has 24 heavy (non-hydrogen) atoms. The van der Waals surface area contributed by atoms with Crippen LogP contribution in [-0.4, -0.2) is 55.1 Å². The summed E-state index contributed by atoms with van der Waals surface area (Å²) < 4.78 is 0. The Kier molecular flexibility index (Phi) is 5.36. The van der Waals surface area contributed by atoms with E-state index in [0.29, 0.717) is 13.1 Å². The van der Waals surface area contributed by atoms with E-state index >= 15 is 0 Å². The van der Waals surface area contributed by atoms with Gasteiger partial charge in [0.05, 0.1) is 18.4 Å². The van der Waals surface area contributed by atoms with Crippen molar-refractivity contribution in [1.29, 1.82) is 0 Å². The zero-order valence-electron chi connectivity index (χ0n) is 14.6. The highest BCUT2D eigenvalue weighted by molar-refractivity contribution is 5.92. The van der Waals surface area contributed by atoms with Crippen LogP contribution >= 0.6 is 0 Å². The van der Waals surface area contributed by atoms with Gasteiger partial charge in [-0.2, -0.15) is 0 Å². The molecule has 2 aliphatic heterocycles. The highest BCUT2D eigenvalue weighted by atomic mass is 16.2. The topological polar surface area (TPSA) is 74.5 Å². The minimum Gasteiger partial charge on any atom is -0.357 e. The van der Waals surface area contributed by atoms with E-state index < -0.39 is 0 Å². The molecule has 0 bridgehead atoms. The molecule has 2 aliphatic rings. The van der Waals surface area contributed by atoms with E-state index in [1.165, 1.54) is 19.3 Å². The van der Waals surface area contributed by atoms with E-state index in [4.69, 9.17) is 5.73 Å². The molecule has 3 rings (SSSR count). The van der Waals surface area contributed by atoms with Gasteiger partial charge in [0.1, 0.15) is 5.82 Å². The Hall–Kier alpha value is -1.66. The molecule has 0 saturated carbocycles. The summed E-state index contributed by atoms with van der Waals surface area (Å²) in [4.78, 5) is 21.2. The molecule has 0 spiro atoms. The highest BCUT2D eigenvalue weighted by Crippen LogP contribution is 2.28. The number of carbonyl (C=O) groups is 1. The van der Waals surface area contributed by atoms with Crippen molar-refractivity contribution in [2.75, 3.05) is 49.5 Å². The third-order valence-electron chi connectivity index (χ3n) is 5.21. The normalized spacial score (nSPS) is 25.0. The average molecular weight is 331 g/mol. The summed E-state index contributed by atoms with van der Waals surface area (Å²) >= 11 is 0. The van der Waals surface area contributed by atoms with Crippen LogP contribution in [-0.2, 0) is 4.79 Å². The van der Waals surface area contributed by atoms with E-state index in [0.717, 1.165) is 44.1 Å². The van der Waals surface area contributed by atoms with Crippen LogP contribution in [0.2, 0.25) is 0 Å². The average Bonchev–Trinajstić information content (AvgIpc) is 2.98. The summed E-state index contributed by atoms with van der Waals surface area (Å²) in [7, 11) is 0. The number of nitrogens with two attached hydrogens (primary N) is 1. The first kappa shape index (κ1) is 17.2. The van der Waals surface area contributed by atoms with Crippen LogP contribution < -0.4 is 16.0 Å². The number of aromatic nitrogens is 1. The van der Waals surface area contributed by atoms with Crippen LogP contribution in [0.4, 0.5) is 11.5 Å². The molecule has 0 aromatic carbocycles. The number of carbonyl (C=O) groups excluding carboxylic acids is 1. The van der Waals surface area contributed by atoms with Crippen molar-refractivity contribution in [2.24, 2.45) is 11.1 Å². The predicted octanol–water partition coefficient (Wildman–Crippen LogP) is 1.68. The Morgan fingerprint density at radius 2 is 2.08 bits per heavy atom. The first-order valence-electron chi connectivity index (χ1n) is 9.01. The van der Waals surface area contributed by atoms with Gasteiger partial charge in [-0.25, -0.2) is 4.98 Å². The van der Waals surface area contributed by atoms with Gasteiger partial charge in [0.2, 0.25) is 5.91 Å². The van der Waals surface area contributed by atoms with Crippen molar-refractivity contribution in [3.05, 3.63) is 18.3 Å². The van der Waals surface area contributed by atoms with Crippen molar-refractivity contribution < 1.29 is 4.79 Å². The highest BCUT2D eigenvalue weighted by Gasteiger charge is 2.33. The summed E-state index contributed by atoms with van der Waals surface area (Å²) in [6, 6.07) is 3.95. The molecule has 0 aliphatic carbocycles. The minimum atomic E-state index is 0.0174. The third kappa shape index (κ3) is 4.24. The van der Waals surface area contributed by atoms with E-state index in [2.05, 4.69) is 27.0 Å². The first-order chi connectivity index (χ1) is 11.6. The Labute approximate surface area is 144 Å². The van der Waals surface area contributed by atoms with Crippen LogP contribution in [0.5, 0.6) is 0 Å². The lowest BCUT2D eigenvalue weighted by atomic mass is 9.90. The molecule has 2 fully saturated rings.